The largest absolute Gasteiger partial charge is 0.456 e. The SMILES string of the molecule is CC1C=CC(N(c2ccc(-c3ccccc3)cc2)c2cccc3c2oc2c(-c4ccccc4)c4c(cc23)oc2ccccc24)=CC1. The molecule has 3 heteroatoms. The van der Waals surface area contributed by atoms with E-state index in [1.54, 1.807) is 0 Å². The molecule has 6 aromatic carbocycles. The van der Waals surface area contributed by atoms with Crippen LogP contribution in [-0.2, 0) is 0 Å². The molecule has 0 amide bonds. The van der Waals surface area contributed by atoms with Crippen LogP contribution in [0.1, 0.15) is 13.3 Å². The van der Waals surface area contributed by atoms with Crippen LogP contribution in [0, 0.1) is 5.92 Å². The monoisotopic (exact) mass is 593 g/mol. The molecule has 46 heavy (non-hydrogen) atoms. The van der Waals surface area contributed by atoms with Gasteiger partial charge in [-0.2, -0.15) is 0 Å². The molecule has 0 fully saturated rings. The van der Waals surface area contributed by atoms with Crippen molar-refractivity contribution >= 4 is 55.3 Å². The number of rotatable bonds is 5. The van der Waals surface area contributed by atoms with Crippen molar-refractivity contribution in [2.45, 2.75) is 13.3 Å². The van der Waals surface area contributed by atoms with Gasteiger partial charge in [0.15, 0.2) is 5.58 Å². The van der Waals surface area contributed by atoms with E-state index in [0.29, 0.717) is 5.92 Å². The van der Waals surface area contributed by atoms with Gasteiger partial charge in [0, 0.05) is 38.5 Å². The Morgan fingerprint density at radius 2 is 1.28 bits per heavy atom. The quantitative estimate of drug-likeness (QED) is 0.199. The van der Waals surface area contributed by atoms with E-state index in [0.717, 1.165) is 78.5 Å². The van der Waals surface area contributed by atoms with Gasteiger partial charge in [-0.15, -0.1) is 0 Å². The zero-order valence-corrected chi connectivity index (χ0v) is 25.5. The third-order valence-electron chi connectivity index (χ3n) is 9.20. The van der Waals surface area contributed by atoms with Gasteiger partial charge in [0.25, 0.3) is 0 Å². The number of benzene rings is 6. The van der Waals surface area contributed by atoms with Crippen molar-refractivity contribution in [3.63, 3.8) is 0 Å². The lowest BCUT2D eigenvalue weighted by Crippen LogP contribution is -2.17. The number of fused-ring (bicyclic) bond motifs is 6. The number of hydrogen-bond donors (Lipinski definition) is 0. The van der Waals surface area contributed by atoms with Crippen molar-refractivity contribution in [1.82, 2.24) is 0 Å². The molecule has 9 rings (SSSR count). The highest BCUT2D eigenvalue weighted by atomic mass is 16.3. The second-order valence-corrected chi connectivity index (χ2v) is 12.2. The standard InChI is InChI=1S/C43H31NO2/c1-28-19-23-32(24-20-28)44(33-25-21-30(22-26-33)29-11-4-2-5-12-29)37-17-10-16-34-36-27-39-41(35-15-8-9-18-38(35)45-39)40(43(36)46-42(34)37)31-13-6-3-7-14-31/h2-19,21-28H,20H2,1H3. The summed E-state index contributed by atoms with van der Waals surface area (Å²) in [5, 5.41) is 4.27. The van der Waals surface area contributed by atoms with Crippen molar-refractivity contribution in [2.24, 2.45) is 5.92 Å². The van der Waals surface area contributed by atoms with E-state index in [-0.39, 0.29) is 0 Å². The summed E-state index contributed by atoms with van der Waals surface area (Å²) >= 11 is 0. The Hall–Kier alpha value is -5.80. The van der Waals surface area contributed by atoms with E-state index in [2.05, 4.69) is 151 Å². The molecular formula is C43H31NO2. The number of hydrogen-bond acceptors (Lipinski definition) is 3. The minimum absolute atomic E-state index is 0.506. The molecule has 0 N–H and O–H groups in total. The van der Waals surface area contributed by atoms with E-state index in [1.165, 1.54) is 11.1 Å². The molecule has 2 heterocycles. The average molecular weight is 594 g/mol. The van der Waals surface area contributed by atoms with Crippen molar-refractivity contribution in [1.29, 1.82) is 0 Å². The molecule has 0 radical (unpaired) electrons. The first-order valence-corrected chi connectivity index (χ1v) is 15.9. The molecule has 0 saturated carbocycles. The zero-order chi connectivity index (χ0) is 30.6. The summed E-state index contributed by atoms with van der Waals surface area (Å²) in [7, 11) is 0. The molecule has 1 aliphatic carbocycles. The number of furan rings is 2. The van der Waals surface area contributed by atoms with Gasteiger partial charge in [0.1, 0.15) is 16.7 Å². The third-order valence-corrected chi connectivity index (χ3v) is 9.20. The van der Waals surface area contributed by atoms with Crippen molar-refractivity contribution in [2.75, 3.05) is 4.90 Å². The van der Waals surface area contributed by atoms with Crippen LogP contribution in [0.15, 0.2) is 166 Å². The summed E-state index contributed by atoms with van der Waals surface area (Å²) in [4.78, 5) is 2.34. The highest BCUT2D eigenvalue weighted by molar-refractivity contribution is 6.24. The molecule has 8 aromatic rings. The maximum atomic E-state index is 7.07. The van der Waals surface area contributed by atoms with Crippen LogP contribution in [0.25, 0.3) is 66.1 Å². The fraction of sp³-hybridized carbons (Fsp3) is 0.0698. The molecule has 0 aliphatic heterocycles. The zero-order valence-electron chi connectivity index (χ0n) is 25.5. The molecule has 0 saturated heterocycles. The van der Waals surface area contributed by atoms with Crippen LogP contribution >= 0.6 is 0 Å². The van der Waals surface area contributed by atoms with Crippen molar-refractivity contribution in [3.05, 3.63) is 157 Å². The van der Waals surface area contributed by atoms with Gasteiger partial charge >= 0.3 is 0 Å². The lowest BCUT2D eigenvalue weighted by Gasteiger charge is -2.28. The van der Waals surface area contributed by atoms with Gasteiger partial charge in [-0.05, 0) is 65.4 Å². The van der Waals surface area contributed by atoms with Gasteiger partial charge < -0.3 is 13.7 Å². The van der Waals surface area contributed by atoms with E-state index in [4.69, 9.17) is 8.83 Å². The number of nitrogens with zero attached hydrogens (tertiary/aromatic N) is 1. The van der Waals surface area contributed by atoms with E-state index in [1.807, 2.05) is 12.1 Å². The summed E-state index contributed by atoms with van der Waals surface area (Å²) in [6.45, 7) is 2.26. The third kappa shape index (κ3) is 4.28. The van der Waals surface area contributed by atoms with Crippen LogP contribution in [0.4, 0.5) is 11.4 Å². The first-order chi connectivity index (χ1) is 22.7. The van der Waals surface area contributed by atoms with Gasteiger partial charge in [-0.1, -0.05) is 122 Å². The highest BCUT2D eigenvalue weighted by Gasteiger charge is 2.25. The van der Waals surface area contributed by atoms with Crippen LogP contribution in [-0.4, -0.2) is 0 Å². The summed E-state index contributed by atoms with van der Waals surface area (Å²) in [5.41, 5.74) is 11.3. The van der Waals surface area contributed by atoms with Gasteiger partial charge in [0.05, 0.1) is 5.69 Å². The first kappa shape index (κ1) is 26.6. The maximum Gasteiger partial charge on any atom is 0.159 e. The summed E-state index contributed by atoms with van der Waals surface area (Å²) < 4.78 is 13.5. The highest BCUT2D eigenvalue weighted by Crippen LogP contribution is 2.47. The Labute approximate surface area is 267 Å². The van der Waals surface area contributed by atoms with Crippen LogP contribution in [0.2, 0.25) is 0 Å². The topological polar surface area (TPSA) is 29.5 Å². The molecule has 0 bridgehead atoms. The summed E-state index contributed by atoms with van der Waals surface area (Å²) in [6.07, 6.45) is 7.87. The predicted octanol–water partition coefficient (Wildman–Crippen LogP) is 12.4. The first-order valence-electron chi connectivity index (χ1n) is 15.9. The lowest BCUT2D eigenvalue weighted by atomic mass is 9.96. The van der Waals surface area contributed by atoms with E-state index >= 15 is 0 Å². The predicted molar refractivity (Wildman–Crippen MR) is 191 cm³/mol. The van der Waals surface area contributed by atoms with Crippen LogP contribution in [0.5, 0.6) is 0 Å². The minimum atomic E-state index is 0.506. The van der Waals surface area contributed by atoms with Crippen molar-refractivity contribution in [3.8, 4) is 22.3 Å². The van der Waals surface area contributed by atoms with Gasteiger partial charge in [-0.25, -0.2) is 0 Å². The minimum Gasteiger partial charge on any atom is -0.456 e. The molecule has 1 atom stereocenters. The van der Waals surface area contributed by atoms with Crippen LogP contribution < -0.4 is 4.90 Å². The molecular weight excluding hydrogens is 562 g/mol. The summed E-state index contributed by atoms with van der Waals surface area (Å²) in [5.74, 6) is 0.506. The molecule has 3 nitrogen and oxygen atoms in total. The fourth-order valence-electron chi connectivity index (χ4n) is 6.92. The van der Waals surface area contributed by atoms with Gasteiger partial charge in [-0.3, -0.25) is 0 Å². The Kier molecular flexibility index (Phi) is 6.17. The summed E-state index contributed by atoms with van der Waals surface area (Å²) in [6, 6.07) is 46.8. The average Bonchev–Trinajstić information content (AvgIpc) is 3.68. The second-order valence-electron chi connectivity index (χ2n) is 12.2. The Morgan fingerprint density at radius 1 is 0.587 bits per heavy atom. The molecule has 1 aliphatic rings. The Bertz CT molecular complexity index is 2440. The van der Waals surface area contributed by atoms with Crippen LogP contribution in [0.3, 0.4) is 0 Å². The molecule has 1 unspecified atom stereocenters. The van der Waals surface area contributed by atoms with E-state index in [9.17, 15) is 0 Å². The normalized spacial score (nSPS) is 14.8. The van der Waals surface area contributed by atoms with Gasteiger partial charge in [0.2, 0.25) is 0 Å². The molecule has 2 aromatic heterocycles. The second kappa shape index (κ2) is 10.7. The van der Waals surface area contributed by atoms with E-state index < -0.39 is 0 Å². The fourth-order valence-corrected chi connectivity index (χ4v) is 6.92. The number of para-hydroxylation sites is 2. The Balaban J connectivity index is 1.30. The smallest absolute Gasteiger partial charge is 0.159 e. The lowest BCUT2D eigenvalue weighted by molar-refractivity contribution is 0.664. The molecule has 220 valence electrons. The maximum absolute atomic E-state index is 7.07. The number of allylic oxidation sites excluding steroid dienone is 3. The van der Waals surface area contributed by atoms with Crippen molar-refractivity contribution < 1.29 is 8.83 Å². The number of anilines is 2. The molecule has 0 spiro atoms. The Morgan fingerprint density at radius 3 is 2.04 bits per heavy atom.